The van der Waals surface area contributed by atoms with Crippen LogP contribution in [-0.4, -0.2) is 16.4 Å². The zero-order valence-electron chi connectivity index (χ0n) is 6.36. The highest BCUT2D eigenvalue weighted by Crippen LogP contribution is 2.16. The molecule has 2 rings (SSSR count). The van der Waals surface area contributed by atoms with Gasteiger partial charge in [0.05, 0.1) is 6.42 Å². The summed E-state index contributed by atoms with van der Waals surface area (Å²) in [5.74, 6) is -0.407. The smallest absolute Gasteiger partial charge is 0.250 e. The molecule has 1 aromatic rings. The molecule has 1 saturated heterocycles. The molecule has 2 amide bonds. The largest absolute Gasteiger partial charge is 0.341 e. The number of hydrogen-bond acceptors (Lipinski definition) is 2. The SMILES string of the molecule is O=C1CC(n2cccc2)C(=O)N1. The molecule has 0 bridgehead atoms. The van der Waals surface area contributed by atoms with Crippen molar-refractivity contribution in [3.63, 3.8) is 0 Å². The summed E-state index contributed by atoms with van der Waals surface area (Å²) in [6.45, 7) is 0. The highest BCUT2D eigenvalue weighted by Gasteiger charge is 2.30. The van der Waals surface area contributed by atoms with Crippen LogP contribution in [0.15, 0.2) is 24.5 Å². The Hall–Kier alpha value is -1.58. The molecule has 2 heterocycles. The van der Waals surface area contributed by atoms with Crippen molar-refractivity contribution in [1.82, 2.24) is 9.88 Å². The lowest BCUT2D eigenvalue weighted by Crippen LogP contribution is -2.23. The minimum Gasteiger partial charge on any atom is -0.341 e. The van der Waals surface area contributed by atoms with Crippen LogP contribution in [0.25, 0.3) is 0 Å². The van der Waals surface area contributed by atoms with E-state index in [1.54, 1.807) is 17.0 Å². The molecule has 12 heavy (non-hydrogen) atoms. The van der Waals surface area contributed by atoms with Crippen LogP contribution in [0.1, 0.15) is 12.5 Å². The molecule has 1 unspecified atom stereocenters. The minimum absolute atomic E-state index is 0.196. The number of nitrogens with one attached hydrogen (secondary N) is 1. The van der Waals surface area contributed by atoms with Gasteiger partial charge in [0.15, 0.2) is 0 Å². The summed E-state index contributed by atoms with van der Waals surface area (Å²) in [7, 11) is 0. The quantitative estimate of drug-likeness (QED) is 0.597. The molecule has 1 aliphatic rings. The van der Waals surface area contributed by atoms with Crippen LogP contribution in [0.5, 0.6) is 0 Å². The molecule has 1 aromatic heterocycles. The first-order valence-electron chi connectivity index (χ1n) is 3.73. The fourth-order valence-corrected chi connectivity index (χ4v) is 1.34. The van der Waals surface area contributed by atoms with E-state index in [0.29, 0.717) is 0 Å². The van der Waals surface area contributed by atoms with E-state index in [9.17, 15) is 9.59 Å². The maximum absolute atomic E-state index is 11.1. The summed E-state index contributed by atoms with van der Waals surface area (Å²) >= 11 is 0. The average molecular weight is 164 g/mol. The molecule has 0 radical (unpaired) electrons. The van der Waals surface area contributed by atoms with Crippen molar-refractivity contribution in [2.75, 3.05) is 0 Å². The third-order valence-electron chi connectivity index (χ3n) is 1.93. The van der Waals surface area contributed by atoms with Crippen LogP contribution in [-0.2, 0) is 9.59 Å². The van der Waals surface area contributed by atoms with Crippen molar-refractivity contribution < 1.29 is 9.59 Å². The number of imide groups is 1. The molecule has 0 spiro atoms. The van der Waals surface area contributed by atoms with E-state index >= 15 is 0 Å². The van der Waals surface area contributed by atoms with Crippen molar-refractivity contribution in [1.29, 1.82) is 0 Å². The van der Waals surface area contributed by atoms with Gasteiger partial charge in [-0.05, 0) is 12.1 Å². The van der Waals surface area contributed by atoms with Gasteiger partial charge in [-0.3, -0.25) is 14.9 Å². The Morgan fingerprint density at radius 2 is 2.00 bits per heavy atom. The summed E-state index contributed by atoms with van der Waals surface area (Å²) in [4.78, 5) is 21.9. The van der Waals surface area contributed by atoms with Crippen LogP contribution < -0.4 is 5.32 Å². The van der Waals surface area contributed by atoms with Crippen LogP contribution >= 0.6 is 0 Å². The van der Waals surface area contributed by atoms with Crippen LogP contribution in [0.4, 0.5) is 0 Å². The maximum Gasteiger partial charge on any atom is 0.250 e. The Labute approximate surface area is 69.2 Å². The summed E-state index contributed by atoms with van der Waals surface area (Å²) in [5.41, 5.74) is 0. The third-order valence-corrected chi connectivity index (χ3v) is 1.93. The monoisotopic (exact) mass is 164 g/mol. The molecular weight excluding hydrogens is 156 g/mol. The molecule has 1 fully saturated rings. The second-order valence-corrected chi connectivity index (χ2v) is 2.76. The Kier molecular flexibility index (Phi) is 1.46. The van der Waals surface area contributed by atoms with Gasteiger partial charge in [-0.25, -0.2) is 0 Å². The average Bonchev–Trinajstić information content (AvgIpc) is 2.58. The Morgan fingerprint density at radius 3 is 2.50 bits per heavy atom. The van der Waals surface area contributed by atoms with E-state index in [2.05, 4.69) is 5.32 Å². The normalized spacial score (nSPS) is 22.8. The summed E-state index contributed by atoms with van der Waals surface area (Å²) in [5, 5.41) is 2.26. The van der Waals surface area contributed by atoms with Gasteiger partial charge >= 0.3 is 0 Å². The van der Waals surface area contributed by atoms with E-state index in [1.165, 1.54) is 0 Å². The van der Waals surface area contributed by atoms with Gasteiger partial charge in [0.25, 0.3) is 0 Å². The fraction of sp³-hybridized carbons (Fsp3) is 0.250. The lowest BCUT2D eigenvalue weighted by molar-refractivity contribution is -0.125. The van der Waals surface area contributed by atoms with E-state index in [0.717, 1.165) is 0 Å². The first kappa shape index (κ1) is 7.09. The summed E-state index contributed by atoms with van der Waals surface area (Å²) in [6.07, 6.45) is 3.82. The highest BCUT2D eigenvalue weighted by atomic mass is 16.2. The molecule has 62 valence electrons. The first-order valence-corrected chi connectivity index (χ1v) is 3.73. The lowest BCUT2D eigenvalue weighted by Gasteiger charge is -2.06. The molecule has 1 N–H and O–H groups in total. The van der Waals surface area contributed by atoms with Crippen LogP contribution in [0.2, 0.25) is 0 Å². The van der Waals surface area contributed by atoms with Gasteiger partial charge in [0.1, 0.15) is 6.04 Å². The molecule has 0 aliphatic carbocycles. The van der Waals surface area contributed by atoms with E-state index in [4.69, 9.17) is 0 Å². The molecule has 0 aromatic carbocycles. The number of hydrogen-bond donors (Lipinski definition) is 1. The van der Waals surface area contributed by atoms with E-state index in [1.807, 2.05) is 12.1 Å². The van der Waals surface area contributed by atoms with Crippen LogP contribution in [0.3, 0.4) is 0 Å². The minimum atomic E-state index is -0.340. The van der Waals surface area contributed by atoms with Crippen molar-refractivity contribution in [3.8, 4) is 0 Å². The van der Waals surface area contributed by atoms with Gasteiger partial charge in [-0.1, -0.05) is 0 Å². The fourth-order valence-electron chi connectivity index (χ4n) is 1.34. The standard InChI is InChI=1S/C8H8N2O2/c11-7-5-6(8(12)9-7)10-3-1-2-4-10/h1-4,6H,5H2,(H,9,11,12). The summed E-state index contributed by atoms with van der Waals surface area (Å²) in [6, 6.07) is 3.32. The van der Waals surface area contributed by atoms with Crippen molar-refractivity contribution in [3.05, 3.63) is 24.5 Å². The number of rotatable bonds is 1. The van der Waals surface area contributed by atoms with Gasteiger partial charge in [0.2, 0.25) is 11.8 Å². The van der Waals surface area contributed by atoms with Gasteiger partial charge in [-0.2, -0.15) is 0 Å². The second kappa shape index (κ2) is 2.48. The maximum atomic E-state index is 11.1. The molecule has 1 aliphatic heterocycles. The first-order chi connectivity index (χ1) is 5.77. The topological polar surface area (TPSA) is 51.1 Å². The molecule has 1 atom stereocenters. The molecule has 0 saturated carbocycles. The molecule has 4 heteroatoms. The van der Waals surface area contributed by atoms with Gasteiger partial charge in [-0.15, -0.1) is 0 Å². The lowest BCUT2D eigenvalue weighted by atomic mass is 10.2. The zero-order chi connectivity index (χ0) is 8.55. The van der Waals surface area contributed by atoms with E-state index < -0.39 is 0 Å². The molecule has 4 nitrogen and oxygen atoms in total. The number of carbonyl (C=O) groups is 2. The predicted molar refractivity (Wildman–Crippen MR) is 41.2 cm³/mol. The number of amides is 2. The van der Waals surface area contributed by atoms with E-state index in [-0.39, 0.29) is 24.3 Å². The van der Waals surface area contributed by atoms with Crippen LogP contribution in [0, 0.1) is 0 Å². The Balaban J connectivity index is 2.26. The Bertz CT molecular complexity index is 316. The number of carbonyl (C=O) groups excluding carboxylic acids is 2. The number of aromatic nitrogens is 1. The van der Waals surface area contributed by atoms with Crippen molar-refractivity contribution in [2.24, 2.45) is 0 Å². The second-order valence-electron chi connectivity index (χ2n) is 2.76. The van der Waals surface area contributed by atoms with Crippen molar-refractivity contribution >= 4 is 11.8 Å². The number of nitrogens with zero attached hydrogens (tertiary/aromatic N) is 1. The summed E-state index contributed by atoms with van der Waals surface area (Å²) < 4.78 is 1.74. The zero-order valence-corrected chi connectivity index (χ0v) is 6.36. The predicted octanol–water partition coefficient (Wildman–Crippen LogP) is 0.0757. The third kappa shape index (κ3) is 1.01. The van der Waals surface area contributed by atoms with Gasteiger partial charge in [0, 0.05) is 12.4 Å². The van der Waals surface area contributed by atoms with Crippen molar-refractivity contribution in [2.45, 2.75) is 12.5 Å². The highest BCUT2D eigenvalue weighted by molar-refractivity contribution is 6.04. The molecular formula is C8H8N2O2. The Morgan fingerprint density at radius 1 is 1.33 bits per heavy atom. The van der Waals surface area contributed by atoms with Gasteiger partial charge < -0.3 is 4.57 Å².